The lowest BCUT2D eigenvalue weighted by Gasteiger charge is -2.28. The summed E-state index contributed by atoms with van der Waals surface area (Å²) in [7, 11) is 0. The number of benzene rings is 1. The molecule has 1 unspecified atom stereocenters. The molecule has 124 valence electrons. The van der Waals surface area contributed by atoms with E-state index in [9.17, 15) is 0 Å². The summed E-state index contributed by atoms with van der Waals surface area (Å²) in [4.78, 5) is 0. The summed E-state index contributed by atoms with van der Waals surface area (Å²) in [5.74, 6) is 1.66. The van der Waals surface area contributed by atoms with E-state index >= 15 is 0 Å². The zero-order valence-electron chi connectivity index (χ0n) is 14.5. The Hall–Kier alpha value is -2.43. The van der Waals surface area contributed by atoms with Gasteiger partial charge in [-0.05, 0) is 54.9 Å². The second-order valence-corrected chi connectivity index (χ2v) is 7.50. The standard InChI is InChI=1S/C19H23N5/c1-13-21-22-18-9-8-17(23-24(13)18)20-16-12-19(2,3)11-10-14-6-4-5-7-15(14)16/h4-9,16H,10-12H2,1-3H3,(H,20,23). The van der Waals surface area contributed by atoms with Crippen LogP contribution in [0.3, 0.4) is 0 Å². The van der Waals surface area contributed by atoms with Crippen molar-refractivity contribution in [1.29, 1.82) is 0 Å². The summed E-state index contributed by atoms with van der Waals surface area (Å²) in [6.07, 6.45) is 3.43. The summed E-state index contributed by atoms with van der Waals surface area (Å²) >= 11 is 0. The van der Waals surface area contributed by atoms with Gasteiger partial charge in [-0.15, -0.1) is 15.3 Å². The Balaban J connectivity index is 1.71. The molecule has 0 spiro atoms. The summed E-state index contributed by atoms with van der Waals surface area (Å²) in [6, 6.07) is 13.0. The molecule has 5 nitrogen and oxygen atoms in total. The number of anilines is 1. The highest BCUT2D eigenvalue weighted by molar-refractivity contribution is 5.46. The first-order chi connectivity index (χ1) is 11.5. The first-order valence-corrected chi connectivity index (χ1v) is 8.55. The molecule has 0 amide bonds. The van der Waals surface area contributed by atoms with Crippen LogP contribution in [0.25, 0.3) is 5.65 Å². The Bertz CT molecular complexity index is 880. The van der Waals surface area contributed by atoms with Crippen LogP contribution in [-0.2, 0) is 6.42 Å². The van der Waals surface area contributed by atoms with Gasteiger partial charge in [0.05, 0.1) is 6.04 Å². The van der Waals surface area contributed by atoms with Crippen molar-refractivity contribution in [3.8, 4) is 0 Å². The van der Waals surface area contributed by atoms with Crippen LogP contribution in [-0.4, -0.2) is 19.8 Å². The van der Waals surface area contributed by atoms with Crippen molar-refractivity contribution in [3.05, 3.63) is 53.3 Å². The molecule has 1 aromatic carbocycles. The van der Waals surface area contributed by atoms with Crippen LogP contribution < -0.4 is 5.32 Å². The monoisotopic (exact) mass is 321 g/mol. The predicted molar refractivity (Wildman–Crippen MR) is 95.0 cm³/mol. The maximum Gasteiger partial charge on any atom is 0.178 e. The summed E-state index contributed by atoms with van der Waals surface area (Å²) in [5, 5.41) is 16.5. The fourth-order valence-corrected chi connectivity index (χ4v) is 3.62. The minimum Gasteiger partial charge on any atom is -0.362 e. The van der Waals surface area contributed by atoms with Gasteiger partial charge < -0.3 is 5.32 Å². The van der Waals surface area contributed by atoms with Crippen LogP contribution in [0.1, 0.15) is 49.7 Å². The molecule has 1 aliphatic rings. The second kappa shape index (κ2) is 5.58. The van der Waals surface area contributed by atoms with E-state index in [0.29, 0.717) is 5.41 Å². The predicted octanol–water partition coefficient (Wildman–Crippen LogP) is 3.95. The third kappa shape index (κ3) is 2.75. The zero-order chi connectivity index (χ0) is 16.7. The number of hydrogen-bond donors (Lipinski definition) is 1. The third-order valence-corrected chi connectivity index (χ3v) is 5.00. The van der Waals surface area contributed by atoms with Gasteiger partial charge in [-0.3, -0.25) is 0 Å². The van der Waals surface area contributed by atoms with Gasteiger partial charge in [-0.1, -0.05) is 38.1 Å². The minimum atomic E-state index is 0.264. The van der Waals surface area contributed by atoms with Crippen LogP contribution in [0.4, 0.5) is 5.82 Å². The molecule has 3 aromatic rings. The molecule has 4 rings (SSSR count). The van der Waals surface area contributed by atoms with E-state index in [4.69, 9.17) is 0 Å². The van der Waals surface area contributed by atoms with E-state index in [1.165, 1.54) is 17.5 Å². The number of hydrogen-bond acceptors (Lipinski definition) is 4. The molecule has 1 aliphatic carbocycles. The molecule has 0 saturated heterocycles. The lowest BCUT2D eigenvalue weighted by molar-refractivity contribution is 0.300. The van der Waals surface area contributed by atoms with Crippen LogP contribution in [0.2, 0.25) is 0 Å². The van der Waals surface area contributed by atoms with E-state index in [2.05, 4.69) is 58.7 Å². The van der Waals surface area contributed by atoms with Gasteiger partial charge in [0.15, 0.2) is 11.5 Å². The highest BCUT2D eigenvalue weighted by Gasteiger charge is 2.29. The van der Waals surface area contributed by atoms with Crippen molar-refractivity contribution in [3.63, 3.8) is 0 Å². The van der Waals surface area contributed by atoms with Crippen molar-refractivity contribution < 1.29 is 0 Å². The number of rotatable bonds is 2. The van der Waals surface area contributed by atoms with Crippen LogP contribution >= 0.6 is 0 Å². The summed E-state index contributed by atoms with van der Waals surface area (Å²) in [6.45, 7) is 6.63. The highest BCUT2D eigenvalue weighted by atomic mass is 15.4. The van der Waals surface area contributed by atoms with Gasteiger partial charge in [0, 0.05) is 0 Å². The van der Waals surface area contributed by atoms with E-state index in [1.54, 1.807) is 4.52 Å². The molecule has 24 heavy (non-hydrogen) atoms. The molecule has 0 fully saturated rings. The molecule has 0 radical (unpaired) electrons. The number of nitrogens with one attached hydrogen (secondary N) is 1. The van der Waals surface area contributed by atoms with Gasteiger partial charge in [0.2, 0.25) is 0 Å². The number of fused-ring (bicyclic) bond motifs is 2. The molecule has 2 heterocycles. The molecular formula is C19H23N5. The summed E-state index contributed by atoms with van der Waals surface area (Å²) in [5.41, 5.74) is 3.92. The van der Waals surface area contributed by atoms with Crippen LogP contribution in [0, 0.1) is 12.3 Å². The Morgan fingerprint density at radius 2 is 1.96 bits per heavy atom. The number of aromatic nitrogens is 4. The van der Waals surface area contributed by atoms with Gasteiger partial charge in [-0.25, -0.2) is 0 Å². The number of nitrogens with zero attached hydrogens (tertiary/aromatic N) is 4. The maximum atomic E-state index is 4.66. The largest absolute Gasteiger partial charge is 0.362 e. The molecule has 0 saturated carbocycles. The van der Waals surface area contributed by atoms with Crippen molar-refractivity contribution in [2.75, 3.05) is 5.32 Å². The molecule has 1 atom stereocenters. The molecule has 1 N–H and O–H groups in total. The van der Waals surface area contributed by atoms with Crippen molar-refractivity contribution in [2.24, 2.45) is 5.41 Å². The van der Waals surface area contributed by atoms with E-state index < -0.39 is 0 Å². The lowest BCUT2D eigenvalue weighted by atomic mass is 9.83. The van der Waals surface area contributed by atoms with Gasteiger partial charge >= 0.3 is 0 Å². The molecule has 5 heteroatoms. The second-order valence-electron chi connectivity index (χ2n) is 7.50. The first-order valence-electron chi connectivity index (χ1n) is 8.55. The fourth-order valence-electron chi connectivity index (χ4n) is 3.62. The van der Waals surface area contributed by atoms with Crippen molar-refractivity contribution >= 4 is 11.5 Å². The highest BCUT2D eigenvalue weighted by Crippen LogP contribution is 2.40. The van der Waals surface area contributed by atoms with Crippen molar-refractivity contribution in [2.45, 2.75) is 46.1 Å². The fraction of sp³-hybridized carbons (Fsp3) is 0.421. The van der Waals surface area contributed by atoms with E-state index in [1.807, 2.05) is 19.1 Å². The molecule has 0 bridgehead atoms. The third-order valence-electron chi connectivity index (χ3n) is 5.00. The van der Waals surface area contributed by atoms with Crippen LogP contribution in [0.5, 0.6) is 0 Å². The topological polar surface area (TPSA) is 55.1 Å². The Morgan fingerprint density at radius 1 is 1.12 bits per heavy atom. The van der Waals surface area contributed by atoms with Crippen molar-refractivity contribution in [1.82, 2.24) is 19.8 Å². The normalized spacial score (nSPS) is 19.7. The smallest absolute Gasteiger partial charge is 0.178 e. The number of aryl methyl sites for hydroxylation is 2. The Labute approximate surface area is 142 Å². The lowest BCUT2D eigenvalue weighted by Crippen LogP contribution is -2.20. The van der Waals surface area contributed by atoms with Gasteiger partial charge in [0.25, 0.3) is 0 Å². The van der Waals surface area contributed by atoms with E-state index in [0.717, 1.165) is 30.1 Å². The van der Waals surface area contributed by atoms with Crippen LogP contribution in [0.15, 0.2) is 36.4 Å². The van der Waals surface area contributed by atoms with Gasteiger partial charge in [-0.2, -0.15) is 4.52 Å². The average molecular weight is 321 g/mol. The minimum absolute atomic E-state index is 0.264. The molecular weight excluding hydrogens is 298 g/mol. The summed E-state index contributed by atoms with van der Waals surface area (Å²) < 4.78 is 1.79. The molecule has 0 aliphatic heterocycles. The zero-order valence-corrected chi connectivity index (χ0v) is 14.5. The van der Waals surface area contributed by atoms with Gasteiger partial charge in [0.1, 0.15) is 5.82 Å². The SMILES string of the molecule is Cc1nnc2ccc(NC3CC(C)(C)CCc4ccccc43)nn12. The Morgan fingerprint density at radius 3 is 2.83 bits per heavy atom. The maximum absolute atomic E-state index is 4.66. The average Bonchev–Trinajstić information content (AvgIpc) is 2.87. The van der Waals surface area contributed by atoms with E-state index in [-0.39, 0.29) is 6.04 Å². The molecule has 2 aromatic heterocycles. The Kier molecular flexibility index (Phi) is 3.52. The first kappa shape index (κ1) is 15.1. The quantitative estimate of drug-likeness (QED) is 0.726.